The van der Waals surface area contributed by atoms with E-state index in [1.165, 1.54) is 7.11 Å². The fourth-order valence-electron chi connectivity index (χ4n) is 3.48. The Hall–Kier alpha value is -2.85. The van der Waals surface area contributed by atoms with Gasteiger partial charge in [0, 0.05) is 18.3 Å². The maximum Gasteiger partial charge on any atom is 0.308 e. The van der Waals surface area contributed by atoms with E-state index in [0.717, 1.165) is 32.1 Å². The number of hydrogen-bond acceptors (Lipinski definition) is 6. The van der Waals surface area contributed by atoms with Gasteiger partial charge in [0.1, 0.15) is 11.8 Å². The molecule has 166 valence electrons. The van der Waals surface area contributed by atoms with Gasteiger partial charge in [0.2, 0.25) is 15.9 Å². The summed E-state index contributed by atoms with van der Waals surface area (Å²) in [6.07, 6.45) is 1.33. The summed E-state index contributed by atoms with van der Waals surface area (Å²) in [5.41, 5.74) is 1.65. The Balaban J connectivity index is 1.95. The number of benzene rings is 2. The van der Waals surface area contributed by atoms with Gasteiger partial charge in [0.15, 0.2) is 0 Å². The fourth-order valence-corrected chi connectivity index (χ4v) is 5.68. The molecule has 0 saturated carbocycles. The number of aromatic nitrogens is 1. The van der Waals surface area contributed by atoms with Gasteiger partial charge >= 0.3 is 4.87 Å². The Morgan fingerprint density at radius 3 is 2.58 bits per heavy atom. The van der Waals surface area contributed by atoms with E-state index in [0.29, 0.717) is 23.7 Å². The van der Waals surface area contributed by atoms with Crippen LogP contribution >= 0.6 is 11.3 Å². The summed E-state index contributed by atoms with van der Waals surface area (Å²) in [6.45, 7) is 4.21. The summed E-state index contributed by atoms with van der Waals surface area (Å²) in [7, 11) is -2.27. The predicted octanol–water partition coefficient (Wildman–Crippen LogP) is 3.27. The second-order valence-corrected chi connectivity index (χ2v) is 9.82. The number of amides is 1. The van der Waals surface area contributed by atoms with E-state index in [1.54, 1.807) is 54.0 Å². The van der Waals surface area contributed by atoms with Crippen molar-refractivity contribution in [2.75, 3.05) is 23.0 Å². The normalized spacial score (nSPS) is 12.5. The van der Waals surface area contributed by atoms with Crippen LogP contribution in [-0.2, 0) is 21.4 Å². The van der Waals surface area contributed by atoms with E-state index in [-0.39, 0.29) is 11.3 Å². The molecule has 0 spiro atoms. The number of fused-ring (bicyclic) bond motifs is 1. The van der Waals surface area contributed by atoms with Crippen LogP contribution in [0, 0.1) is 0 Å². The van der Waals surface area contributed by atoms with Crippen LogP contribution in [0.2, 0.25) is 0 Å². The first-order valence-corrected chi connectivity index (χ1v) is 12.4. The van der Waals surface area contributed by atoms with Crippen molar-refractivity contribution in [3.63, 3.8) is 0 Å². The van der Waals surface area contributed by atoms with Gasteiger partial charge in [-0.25, -0.2) is 8.42 Å². The van der Waals surface area contributed by atoms with Crippen LogP contribution in [0.15, 0.2) is 47.3 Å². The second-order valence-electron chi connectivity index (χ2n) is 6.97. The number of anilines is 2. The van der Waals surface area contributed by atoms with Crippen LogP contribution in [0.4, 0.5) is 11.4 Å². The minimum Gasteiger partial charge on any atom is -0.497 e. The lowest BCUT2D eigenvalue weighted by Crippen LogP contribution is -2.47. The number of nitrogens with one attached hydrogen (secondary N) is 1. The summed E-state index contributed by atoms with van der Waals surface area (Å²) >= 11 is 1.11. The molecule has 0 unspecified atom stereocenters. The van der Waals surface area contributed by atoms with Gasteiger partial charge in [-0.05, 0) is 43.7 Å². The average molecular weight is 464 g/mol. The zero-order valence-electron chi connectivity index (χ0n) is 17.8. The Bertz CT molecular complexity index is 1260. The number of rotatable bonds is 8. The van der Waals surface area contributed by atoms with Gasteiger partial charge in [-0.15, -0.1) is 0 Å². The summed E-state index contributed by atoms with van der Waals surface area (Å²) in [5.74, 6) is 0.0274. The lowest BCUT2D eigenvalue weighted by molar-refractivity contribution is -0.117. The zero-order valence-corrected chi connectivity index (χ0v) is 19.4. The van der Waals surface area contributed by atoms with Gasteiger partial charge < -0.3 is 10.1 Å². The number of aryl methyl sites for hydroxylation is 1. The molecule has 3 rings (SSSR count). The zero-order chi connectivity index (χ0) is 22.8. The predicted molar refractivity (Wildman–Crippen MR) is 125 cm³/mol. The summed E-state index contributed by atoms with van der Waals surface area (Å²) in [6, 6.07) is 10.8. The first-order valence-electron chi connectivity index (χ1n) is 9.77. The second kappa shape index (κ2) is 9.11. The topological polar surface area (TPSA) is 97.7 Å². The van der Waals surface area contributed by atoms with Gasteiger partial charge in [-0.2, -0.15) is 0 Å². The van der Waals surface area contributed by atoms with Crippen molar-refractivity contribution in [1.29, 1.82) is 0 Å². The lowest BCUT2D eigenvalue weighted by Gasteiger charge is -2.30. The molecule has 1 atom stereocenters. The quantitative estimate of drug-likeness (QED) is 0.553. The molecule has 0 aliphatic carbocycles. The monoisotopic (exact) mass is 463 g/mol. The molecular weight excluding hydrogens is 438 g/mol. The molecule has 1 N–H and O–H groups in total. The Morgan fingerprint density at radius 1 is 1.23 bits per heavy atom. The molecule has 8 nitrogen and oxygen atoms in total. The standard InChI is InChI=1S/C21H25N3O5S2/c1-5-17(24(31(4,27)28)15-8-7-9-16(13-15)29-3)20(25)22-14-10-11-18-19(12-14)30-21(26)23(18)6-2/h7-13,17H,5-6H2,1-4H3,(H,22,25)/t17-/m1/s1. The number of hydrogen-bond donors (Lipinski definition) is 1. The number of methoxy groups -OCH3 is 1. The van der Waals surface area contributed by atoms with Crippen molar-refractivity contribution in [2.24, 2.45) is 0 Å². The highest BCUT2D eigenvalue weighted by atomic mass is 32.2. The third-order valence-electron chi connectivity index (χ3n) is 4.89. The van der Waals surface area contributed by atoms with E-state index < -0.39 is 22.0 Å². The molecule has 0 radical (unpaired) electrons. The van der Waals surface area contributed by atoms with Crippen LogP contribution in [-0.4, -0.2) is 38.3 Å². The number of ether oxygens (including phenoxy) is 1. The number of carbonyl (C=O) groups excluding carboxylic acids is 1. The van der Waals surface area contributed by atoms with Gasteiger partial charge in [0.05, 0.1) is 29.3 Å². The van der Waals surface area contributed by atoms with Crippen molar-refractivity contribution >= 4 is 48.9 Å². The number of sulfonamides is 1. The molecule has 2 aromatic carbocycles. The minimum absolute atomic E-state index is 0.0614. The van der Waals surface area contributed by atoms with E-state index in [9.17, 15) is 18.0 Å². The number of carbonyl (C=O) groups is 1. The van der Waals surface area contributed by atoms with E-state index >= 15 is 0 Å². The van der Waals surface area contributed by atoms with E-state index in [4.69, 9.17) is 4.74 Å². The van der Waals surface area contributed by atoms with Gasteiger partial charge in [0.25, 0.3) is 0 Å². The molecule has 0 bridgehead atoms. The number of thiazole rings is 1. The molecule has 1 amide bonds. The Kier molecular flexibility index (Phi) is 6.71. The number of nitrogens with zero attached hydrogens (tertiary/aromatic N) is 2. The molecule has 0 aliphatic rings. The van der Waals surface area contributed by atoms with Crippen LogP contribution < -0.4 is 19.2 Å². The van der Waals surface area contributed by atoms with E-state index in [1.807, 2.05) is 6.92 Å². The van der Waals surface area contributed by atoms with Crippen molar-refractivity contribution in [2.45, 2.75) is 32.9 Å². The van der Waals surface area contributed by atoms with Crippen LogP contribution in [0.25, 0.3) is 10.2 Å². The molecule has 1 aromatic heterocycles. The first kappa shape index (κ1) is 22.8. The molecule has 0 saturated heterocycles. The fraction of sp³-hybridized carbons (Fsp3) is 0.333. The molecule has 0 fully saturated rings. The summed E-state index contributed by atoms with van der Waals surface area (Å²) < 4.78 is 33.9. The largest absolute Gasteiger partial charge is 0.497 e. The van der Waals surface area contributed by atoms with Crippen molar-refractivity contribution in [3.8, 4) is 5.75 Å². The molecule has 10 heteroatoms. The van der Waals surface area contributed by atoms with Gasteiger partial charge in [-0.1, -0.05) is 24.3 Å². The van der Waals surface area contributed by atoms with Crippen LogP contribution in [0.5, 0.6) is 5.75 Å². The lowest BCUT2D eigenvalue weighted by atomic mass is 10.1. The molecule has 0 aliphatic heterocycles. The van der Waals surface area contributed by atoms with Crippen molar-refractivity contribution < 1.29 is 17.9 Å². The molecule has 1 heterocycles. The third-order valence-corrected chi connectivity index (χ3v) is 7.01. The highest BCUT2D eigenvalue weighted by molar-refractivity contribution is 7.92. The van der Waals surface area contributed by atoms with E-state index in [2.05, 4.69) is 5.32 Å². The smallest absolute Gasteiger partial charge is 0.308 e. The average Bonchev–Trinajstić information content (AvgIpc) is 3.04. The highest BCUT2D eigenvalue weighted by Crippen LogP contribution is 2.27. The van der Waals surface area contributed by atoms with Crippen LogP contribution in [0.1, 0.15) is 20.3 Å². The van der Waals surface area contributed by atoms with Crippen molar-refractivity contribution in [1.82, 2.24) is 4.57 Å². The maximum absolute atomic E-state index is 13.1. The Morgan fingerprint density at radius 2 is 1.97 bits per heavy atom. The summed E-state index contributed by atoms with van der Waals surface area (Å²) in [5, 5.41) is 2.80. The van der Waals surface area contributed by atoms with Gasteiger partial charge in [-0.3, -0.25) is 18.5 Å². The third kappa shape index (κ3) is 4.75. The minimum atomic E-state index is -3.76. The highest BCUT2D eigenvalue weighted by Gasteiger charge is 2.32. The summed E-state index contributed by atoms with van der Waals surface area (Å²) in [4.78, 5) is 25.1. The Labute approximate surface area is 185 Å². The van der Waals surface area contributed by atoms with Crippen molar-refractivity contribution in [3.05, 3.63) is 52.1 Å². The van der Waals surface area contributed by atoms with Crippen LogP contribution in [0.3, 0.4) is 0 Å². The molecule has 31 heavy (non-hydrogen) atoms. The molecular formula is C21H25N3O5S2. The SMILES string of the molecule is CC[C@H](C(=O)Nc1ccc2c(c1)sc(=O)n2CC)N(c1cccc(OC)c1)S(C)(=O)=O. The maximum atomic E-state index is 13.1. The first-order chi connectivity index (χ1) is 14.7. The molecule has 3 aromatic rings.